The standard InChI is InChI=1S/C26H26F3N3O2S/c1-14-7-15(9-17(30)8-14)19-5-6-31-13-16(19)10-24(33)23-4-3-20(27)26(32-23)25-21(28)11-18(35(2)34)12-22(25)29/h3-6,11-15,17H,7-10,30H2,1-2H3/t14-,15+,17-,35+/m0/s1. The van der Waals surface area contributed by atoms with Crippen LogP contribution < -0.4 is 5.73 Å². The summed E-state index contributed by atoms with van der Waals surface area (Å²) in [5.41, 5.74) is 6.51. The smallest absolute Gasteiger partial charge is 0.185 e. The number of pyridine rings is 2. The number of ketones is 1. The molecule has 2 heterocycles. The van der Waals surface area contributed by atoms with Crippen molar-refractivity contribution in [1.29, 1.82) is 0 Å². The van der Waals surface area contributed by atoms with Crippen molar-refractivity contribution in [2.45, 2.75) is 49.5 Å². The monoisotopic (exact) mass is 501 g/mol. The van der Waals surface area contributed by atoms with Crippen LogP contribution in [0.3, 0.4) is 0 Å². The fourth-order valence-corrected chi connectivity index (χ4v) is 5.41. The molecule has 0 radical (unpaired) electrons. The van der Waals surface area contributed by atoms with Gasteiger partial charge in [0.1, 0.15) is 28.8 Å². The van der Waals surface area contributed by atoms with Crippen molar-refractivity contribution in [3.05, 3.63) is 77.0 Å². The van der Waals surface area contributed by atoms with Gasteiger partial charge in [0.15, 0.2) is 5.78 Å². The summed E-state index contributed by atoms with van der Waals surface area (Å²) < 4.78 is 55.5. The van der Waals surface area contributed by atoms with Crippen LogP contribution >= 0.6 is 0 Å². The van der Waals surface area contributed by atoms with E-state index in [2.05, 4.69) is 16.9 Å². The maximum absolute atomic E-state index is 14.7. The lowest BCUT2D eigenvalue weighted by Crippen LogP contribution is -2.31. The number of halogens is 3. The van der Waals surface area contributed by atoms with Crippen molar-refractivity contribution in [2.75, 3.05) is 6.26 Å². The van der Waals surface area contributed by atoms with E-state index in [9.17, 15) is 22.2 Å². The molecule has 35 heavy (non-hydrogen) atoms. The molecule has 9 heteroatoms. The fraction of sp³-hybridized carbons (Fsp3) is 0.346. The molecule has 2 N–H and O–H groups in total. The van der Waals surface area contributed by atoms with E-state index in [1.165, 1.54) is 12.3 Å². The molecule has 1 fully saturated rings. The van der Waals surface area contributed by atoms with E-state index in [-0.39, 0.29) is 29.0 Å². The molecular weight excluding hydrogens is 475 g/mol. The van der Waals surface area contributed by atoms with Crippen LogP contribution in [-0.4, -0.2) is 32.3 Å². The minimum absolute atomic E-state index is 0.0416. The number of carbonyl (C=O) groups excluding carboxylic acids is 1. The molecule has 1 aromatic carbocycles. The van der Waals surface area contributed by atoms with Crippen molar-refractivity contribution in [3.8, 4) is 11.3 Å². The van der Waals surface area contributed by atoms with Crippen LogP contribution in [0.15, 0.2) is 47.6 Å². The second-order valence-electron chi connectivity index (χ2n) is 9.19. The van der Waals surface area contributed by atoms with E-state index in [0.717, 1.165) is 48.6 Å². The number of carbonyl (C=O) groups is 1. The average Bonchev–Trinajstić information content (AvgIpc) is 2.79. The molecular formula is C26H26F3N3O2S. The van der Waals surface area contributed by atoms with E-state index < -0.39 is 45.3 Å². The molecule has 0 amide bonds. The molecule has 3 aromatic rings. The Balaban J connectivity index is 1.65. The van der Waals surface area contributed by atoms with E-state index in [1.807, 2.05) is 6.07 Å². The third-order valence-electron chi connectivity index (χ3n) is 6.43. The largest absolute Gasteiger partial charge is 0.328 e. The first-order chi connectivity index (χ1) is 16.6. The van der Waals surface area contributed by atoms with Crippen LogP contribution in [0.4, 0.5) is 13.2 Å². The van der Waals surface area contributed by atoms with Crippen LogP contribution in [0.1, 0.15) is 53.7 Å². The molecule has 0 bridgehead atoms. The van der Waals surface area contributed by atoms with Crippen molar-refractivity contribution in [1.82, 2.24) is 9.97 Å². The third-order valence-corrected chi connectivity index (χ3v) is 7.33. The van der Waals surface area contributed by atoms with Gasteiger partial charge in [0.25, 0.3) is 0 Å². The minimum atomic E-state index is -1.63. The first-order valence-electron chi connectivity index (χ1n) is 11.3. The molecule has 1 aliphatic rings. The van der Waals surface area contributed by atoms with Gasteiger partial charge in [-0.25, -0.2) is 18.2 Å². The van der Waals surface area contributed by atoms with Crippen LogP contribution in [0.25, 0.3) is 11.3 Å². The van der Waals surface area contributed by atoms with E-state index in [0.29, 0.717) is 5.92 Å². The highest BCUT2D eigenvalue weighted by molar-refractivity contribution is 7.84. The predicted octanol–water partition coefficient (Wildman–Crippen LogP) is 4.95. The second kappa shape index (κ2) is 10.4. The summed E-state index contributed by atoms with van der Waals surface area (Å²) in [4.78, 5) is 21.2. The van der Waals surface area contributed by atoms with Gasteiger partial charge in [0.2, 0.25) is 0 Å². The van der Waals surface area contributed by atoms with Crippen LogP contribution in [0.2, 0.25) is 0 Å². The van der Waals surface area contributed by atoms with E-state index >= 15 is 0 Å². The van der Waals surface area contributed by atoms with E-state index in [4.69, 9.17) is 5.73 Å². The molecule has 0 unspecified atom stereocenters. The SMILES string of the molecule is C[C@@H]1C[C@H](N)C[C@H](c2ccncc2CC(=O)c2ccc(F)c(-c3c(F)cc([S@@](C)=O)cc3F)n2)C1. The molecule has 1 saturated carbocycles. The van der Waals surface area contributed by atoms with Crippen LogP contribution in [-0.2, 0) is 17.2 Å². The van der Waals surface area contributed by atoms with E-state index in [1.54, 1.807) is 12.4 Å². The lowest BCUT2D eigenvalue weighted by molar-refractivity contribution is 0.0987. The Morgan fingerprint density at radius 2 is 1.80 bits per heavy atom. The van der Waals surface area contributed by atoms with Gasteiger partial charge >= 0.3 is 0 Å². The van der Waals surface area contributed by atoms with Gasteiger partial charge in [-0.05, 0) is 72.6 Å². The Labute approximate surface area is 204 Å². The number of nitrogens with two attached hydrogens (primary N) is 1. The summed E-state index contributed by atoms with van der Waals surface area (Å²) >= 11 is 0. The molecule has 2 aromatic heterocycles. The Hall–Kier alpha value is -2.91. The lowest BCUT2D eigenvalue weighted by atomic mass is 9.75. The van der Waals surface area contributed by atoms with Gasteiger partial charge in [0, 0.05) is 46.8 Å². The summed E-state index contributed by atoms with van der Waals surface area (Å²) in [5, 5.41) is 0. The van der Waals surface area contributed by atoms with Gasteiger partial charge in [-0.15, -0.1) is 0 Å². The molecule has 0 saturated heterocycles. The van der Waals surface area contributed by atoms with Gasteiger partial charge in [-0.3, -0.25) is 14.0 Å². The summed E-state index contributed by atoms with van der Waals surface area (Å²) in [6.45, 7) is 2.16. The molecule has 184 valence electrons. The first kappa shape index (κ1) is 25.2. The average molecular weight is 502 g/mol. The molecule has 0 spiro atoms. The first-order valence-corrected chi connectivity index (χ1v) is 12.9. The second-order valence-corrected chi connectivity index (χ2v) is 10.6. The zero-order valence-corrected chi connectivity index (χ0v) is 20.2. The molecule has 5 nitrogen and oxygen atoms in total. The summed E-state index contributed by atoms with van der Waals surface area (Å²) in [6.07, 6.45) is 7.27. The Kier molecular flexibility index (Phi) is 7.47. The van der Waals surface area contributed by atoms with Gasteiger partial charge in [-0.2, -0.15) is 0 Å². The van der Waals surface area contributed by atoms with Gasteiger partial charge in [-0.1, -0.05) is 6.92 Å². The van der Waals surface area contributed by atoms with Crippen molar-refractivity contribution in [2.24, 2.45) is 11.7 Å². The van der Waals surface area contributed by atoms with Crippen LogP contribution in [0.5, 0.6) is 0 Å². The Bertz CT molecular complexity index is 1270. The molecule has 4 atom stereocenters. The molecule has 4 rings (SSSR count). The van der Waals surface area contributed by atoms with Crippen molar-refractivity contribution >= 4 is 16.6 Å². The number of aromatic nitrogens is 2. The van der Waals surface area contributed by atoms with Crippen molar-refractivity contribution < 1.29 is 22.2 Å². The fourth-order valence-electron chi connectivity index (χ4n) is 4.87. The Morgan fingerprint density at radius 3 is 2.46 bits per heavy atom. The zero-order valence-electron chi connectivity index (χ0n) is 19.4. The van der Waals surface area contributed by atoms with Crippen molar-refractivity contribution in [3.63, 3.8) is 0 Å². The predicted molar refractivity (Wildman–Crippen MR) is 128 cm³/mol. The molecule has 1 aliphatic carbocycles. The highest BCUT2D eigenvalue weighted by atomic mass is 32.2. The zero-order chi connectivity index (χ0) is 25.3. The quantitative estimate of drug-likeness (QED) is 0.483. The normalized spacial score (nSPS) is 21.0. The number of hydrogen-bond acceptors (Lipinski definition) is 5. The Morgan fingerprint density at radius 1 is 1.09 bits per heavy atom. The summed E-state index contributed by atoms with van der Waals surface area (Å²) in [5.74, 6) is -2.96. The highest BCUT2D eigenvalue weighted by Gasteiger charge is 2.28. The summed E-state index contributed by atoms with van der Waals surface area (Å²) in [7, 11) is -1.63. The highest BCUT2D eigenvalue weighted by Crippen LogP contribution is 2.37. The van der Waals surface area contributed by atoms with Gasteiger partial charge in [0.05, 0.1) is 5.56 Å². The minimum Gasteiger partial charge on any atom is -0.328 e. The number of hydrogen-bond donors (Lipinski definition) is 1. The third kappa shape index (κ3) is 5.51. The topological polar surface area (TPSA) is 85.9 Å². The number of nitrogens with zero attached hydrogens (tertiary/aromatic N) is 2. The number of rotatable bonds is 6. The summed E-state index contributed by atoms with van der Waals surface area (Å²) in [6, 6.07) is 5.89. The lowest BCUT2D eigenvalue weighted by Gasteiger charge is -2.32. The van der Waals surface area contributed by atoms with Crippen LogP contribution in [0, 0.1) is 23.4 Å². The maximum atomic E-state index is 14.7. The molecule has 0 aliphatic heterocycles. The van der Waals surface area contributed by atoms with Gasteiger partial charge < -0.3 is 5.73 Å². The number of Topliss-reactive ketones (excluding diaryl/α,β-unsaturated/α-hetero) is 1. The maximum Gasteiger partial charge on any atom is 0.185 e. The number of benzene rings is 1.